The van der Waals surface area contributed by atoms with Crippen molar-refractivity contribution in [2.45, 2.75) is 18.6 Å². The smallest absolute Gasteiger partial charge is 0.253 e. The highest BCUT2D eigenvalue weighted by atomic mass is 35.5. The number of nitrogens with one attached hydrogen (secondary N) is 1. The molecule has 1 aromatic heterocycles. The first kappa shape index (κ1) is 20.6. The Morgan fingerprint density at radius 3 is 2.63 bits per heavy atom. The maximum atomic E-state index is 12.9. The molecular weight excluding hydrogens is 402 g/mol. The van der Waals surface area contributed by atoms with Crippen LogP contribution in [0.1, 0.15) is 28.0 Å². The molecule has 2 aliphatic rings. The number of carbonyl (C=O) groups excluding carboxylic acids is 1. The molecule has 1 N–H and O–H groups in total. The van der Waals surface area contributed by atoms with Gasteiger partial charge in [-0.15, -0.1) is 12.4 Å². The molecule has 3 aromatic rings. The van der Waals surface area contributed by atoms with E-state index in [2.05, 4.69) is 10.2 Å². The fraction of sp³-hybridized carbons (Fsp3) is 0.304. The molecule has 0 radical (unpaired) electrons. The number of aromatic amines is 1. The molecule has 2 saturated heterocycles. The average Bonchev–Trinajstić information content (AvgIpc) is 3.20. The van der Waals surface area contributed by atoms with E-state index in [0.29, 0.717) is 31.9 Å². The number of fused-ring (bicyclic) bond motifs is 2. The van der Waals surface area contributed by atoms with Gasteiger partial charge in [0.05, 0.1) is 30.5 Å². The Bertz CT molecular complexity index is 1050. The van der Waals surface area contributed by atoms with Crippen LogP contribution in [0.2, 0.25) is 0 Å². The van der Waals surface area contributed by atoms with Crippen LogP contribution in [-0.2, 0) is 9.47 Å². The largest absolute Gasteiger partial charge is 0.373 e. The van der Waals surface area contributed by atoms with E-state index in [1.165, 1.54) is 0 Å². The number of piperidine rings is 1. The zero-order valence-corrected chi connectivity index (χ0v) is 17.3. The summed E-state index contributed by atoms with van der Waals surface area (Å²) in [5, 5.41) is 8.48. The minimum absolute atomic E-state index is 0. The Hall–Kier alpha value is -2.67. The molecule has 0 spiro atoms. The van der Waals surface area contributed by atoms with Gasteiger partial charge in [-0.1, -0.05) is 36.4 Å². The van der Waals surface area contributed by atoms with Gasteiger partial charge in [0.25, 0.3) is 5.91 Å². The van der Waals surface area contributed by atoms with Gasteiger partial charge in [-0.3, -0.25) is 9.89 Å². The predicted octanol–water partition coefficient (Wildman–Crippen LogP) is 3.79. The van der Waals surface area contributed by atoms with Gasteiger partial charge in [-0.25, -0.2) is 0 Å². The van der Waals surface area contributed by atoms with Crippen molar-refractivity contribution in [2.24, 2.45) is 0 Å². The minimum atomic E-state index is -0.00710. The second-order valence-corrected chi connectivity index (χ2v) is 7.47. The molecule has 6 nitrogen and oxygen atoms in total. The summed E-state index contributed by atoms with van der Waals surface area (Å²) in [6.45, 7) is 2.56. The first-order valence-corrected chi connectivity index (χ1v) is 10.0. The van der Waals surface area contributed by atoms with E-state index in [4.69, 9.17) is 9.47 Å². The molecule has 0 bridgehead atoms. The van der Waals surface area contributed by atoms with E-state index in [1.807, 2.05) is 65.6 Å². The van der Waals surface area contributed by atoms with Gasteiger partial charge in [-0.2, -0.15) is 5.10 Å². The summed E-state index contributed by atoms with van der Waals surface area (Å²) in [5.74, 6) is 0.0476. The van der Waals surface area contributed by atoms with Crippen LogP contribution < -0.4 is 0 Å². The number of benzene rings is 2. The van der Waals surface area contributed by atoms with Crippen LogP contribution in [-0.4, -0.2) is 59.5 Å². The Kier molecular flexibility index (Phi) is 6.18. The number of para-hydroxylation sites is 1. The number of likely N-dealkylation sites (tertiary alicyclic amines) is 1. The quantitative estimate of drug-likeness (QED) is 0.693. The first-order chi connectivity index (χ1) is 14.3. The number of halogens is 1. The van der Waals surface area contributed by atoms with E-state index in [0.717, 1.165) is 28.6 Å². The molecule has 0 aliphatic carbocycles. The maximum Gasteiger partial charge on any atom is 0.253 e. The zero-order valence-electron chi connectivity index (χ0n) is 16.5. The Labute approximate surface area is 181 Å². The third-order valence-electron chi connectivity index (χ3n) is 5.62. The van der Waals surface area contributed by atoms with Crippen molar-refractivity contribution < 1.29 is 14.3 Å². The molecule has 3 heterocycles. The highest BCUT2D eigenvalue weighted by molar-refractivity contribution is 5.95. The maximum absolute atomic E-state index is 12.9. The molecule has 2 atom stereocenters. The summed E-state index contributed by atoms with van der Waals surface area (Å²) in [7, 11) is 0. The van der Waals surface area contributed by atoms with Gasteiger partial charge >= 0.3 is 0 Å². The third-order valence-corrected chi connectivity index (χ3v) is 5.62. The summed E-state index contributed by atoms with van der Waals surface area (Å²) >= 11 is 0. The highest BCUT2D eigenvalue weighted by Crippen LogP contribution is 2.22. The summed E-state index contributed by atoms with van der Waals surface area (Å²) in [6, 6.07) is 15.7. The van der Waals surface area contributed by atoms with Crippen molar-refractivity contribution in [1.82, 2.24) is 15.1 Å². The van der Waals surface area contributed by atoms with E-state index in [-0.39, 0.29) is 30.5 Å². The van der Waals surface area contributed by atoms with Crippen LogP contribution >= 0.6 is 12.4 Å². The molecule has 7 heteroatoms. The van der Waals surface area contributed by atoms with Crippen LogP contribution in [0.15, 0.2) is 48.5 Å². The molecule has 2 aromatic carbocycles. The van der Waals surface area contributed by atoms with E-state index >= 15 is 0 Å². The van der Waals surface area contributed by atoms with E-state index in [1.54, 1.807) is 0 Å². The number of carbonyl (C=O) groups is 1. The number of amides is 1. The van der Waals surface area contributed by atoms with Gasteiger partial charge in [-0.05, 0) is 36.3 Å². The van der Waals surface area contributed by atoms with Gasteiger partial charge in [0.15, 0.2) is 0 Å². The molecule has 30 heavy (non-hydrogen) atoms. The van der Waals surface area contributed by atoms with Gasteiger partial charge in [0.1, 0.15) is 6.10 Å². The van der Waals surface area contributed by atoms with Crippen molar-refractivity contribution in [3.8, 4) is 0 Å². The lowest BCUT2D eigenvalue weighted by atomic mass is 10.0. The number of ether oxygens (including phenoxy) is 2. The second kappa shape index (κ2) is 9.00. The Morgan fingerprint density at radius 2 is 1.80 bits per heavy atom. The van der Waals surface area contributed by atoms with Crippen LogP contribution in [0, 0.1) is 0 Å². The number of aromatic nitrogens is 2. The van der Waals surface area contributed by atoms with Crippen molar-refractivity contribution >= 4 is 41.4 Å². The van der Waals surface area contributed by atoms with Crippen molar-refractivity contribution in [1.29, 1.82) is 0 Å². The number of H-pyrrole nitrogens is 1. The molecule has 2 fully saturated rings. The SMILES string of the molecule is Cl.O=C(c1ccc(/C=C/c2n[nH]c3ccccc23)cc1)N1CCC2OCCOC2C1. The predicted molar refractivity (Wildman–Crippen MR) is 119 cm³/mol. The van der Waals surface area contributed by atoms with Crippen LogP contribution in [0.5, 0.6) is 0 Å². The number of rotatable bonds is 3. The molecule has 5 rings (SSSR count). The topological polar surface area (TPSA) is 67.5 Å². The van der Waals surface area contributed by atoms with Crippen LogP contribution in [0.4, 0.5) is 0 Å². The van der Waals surface area contributed by atoms with Gasteiger partial charge in [0.2, 0.25) is 0 Å². The Morgan fingerprint density at radius 1 is 1.03 bits per heavy atom. The molecule has 156 valence electrons. The van der Waals surface area contributed by atoms with E-state index in [9.17, 15) is 4.79 Å². The number of nitrogens with zero attached hydrogens (tertiary/aromatic N) is 2. The normalized spacial score (nSPS) is 21.4. The van der Waals surface area contributed by atoms with Gasteiger partial charge < -0.3 is 14.4 Å². The zero-order chi connectivity index (χ0) is 19.6. The Balaban J connectivity index is 0.00000218. The summed E-state index contributed by atoms with van der Waals surface area (Å²) in [5.41, 5.74) is 3.64. The molecule has 0 saturated carbocycles. The van der Waals surface area contributed by atoms with Crippen molar-refractivity contribution in [3.63, 3.8) is 0 Å². The molecule has 2 aliphatic heterocycles. The average molecular weight is 426 g/mol. The molecule has 2 unspecified atom stereocenters. The van der Waals surface area contributed by atoms with Crippen LogP contribution in [0.3, 0.4) is 0 Å². The third kappa shape index (κ3) is 4.12. The number of hydrogen-bond acceptors (Lipinski definition) is 4. The lowest BCUT2D eigenvalue weighted by molar-refractivity contribution is -0.160. The van der Waals surface area contributed by atoms with Crippen molar-refractivity contribution in [2.75, 3.05) is 26.3 Å². The fourth-order valence-electron chi connectivity index (χ4n) is 4.04. The minimum Gasteiger partial charge on any atom is -0.373 e. The molecular formula is C23H24ClN3O3. The van der Waals surface area contributed by atoms with E-state index < -0.39 is 0 Å². The molecule has 1 amide bonds. The first-order valence-electron chi connectivity index (χ1n) is 10.0. The summed E-state index contributed by atoms with van der Waals surface area (Å²) in [4.78, 5) is 14.7. The monoisotopic (exact) mass is 425 g/mol. The van der Waals surface area contributed by atoms with Gasteiger partial charge in [0, 0.05) is 24.0 Å². The van der Waals surface area contributed by atoms with Crippen molar-refractivity contribution in [3.05, 3.63) is 65.4 Å². The fourth-order valence-corrected chi connectivity index (χ4v) is 4.04. The lowest BCUT2D eigenvalue weighted by Gasteiger charge is -2.40. The summed E-state index contributed by atoms with van der Waals surface area (Å²) < 4.78 is 11.5. The highest BCUT2D eigenvalue weighted by Gasteiger charge is 2.35. The second-order valence-electron chi connectivity index (χ2n) is 7.47. The summed E-state index contributed by atoms with van der Waals surface area (Å²) in [6.07, 6.45) is 4.94. The lowest BCUT2D eigenvalue weighted by Crippen LogP contribution is -2.53. The number of hydrogen-bond donors (Lipinski definition) is 1. The van der Waals surface area contributed by atoms with Crippen LogP contribution in [0.25, 0.3) is 23.1 Å². The standard InChI is InChI=1S/C23H23N3O3.ClH/c27-23(26-12-11-21-22(15-26)29-14-13-28-21)17-8-5-16(6-9-17)7-10-20-18-3-1-2-4-19(18)24-25-20;/h1-10,21-22H,11-15H2,(H,24,25);1H/b10-7+;.